The van der Waals surface area contributed by atoms with Crippen LogP contribution in [0.1, 0.15) is 32.8 Å². The lowest BCUT2D eigenvalue weighted by Gasteiger charge is -2.35. The van der Waals surface area contributed by atoms with Gasteiger partial charge in [0.25, 0.3) is 0 Å². The van der Waals surface area contributed by atoms with Crippen molar-refractivity contribution in [2.45, 2.75) is 39.2 Å². The van der Waals surface area contributed by atoms with Gasteiger partial charge in [0.2, 0.25) is 5.91 Å². The Morgan fingerprint density at radius 2 is 2.05 bits per heavy atom. The van der Waals surface area contributed by atoms with Gasteiger partial charge >= 0.3 is 5.97 Å². The van der Waals surface area contributed by atoms with E-state index in [1.807, 2.05) is 26.8 Å². The molecule has 1 N–H and O–H groups in total. The van der Waals surface area contributed by atoms with Gasteiger partial charge in [0, 0.05) is 24.5 Å². The molecule has 0 bridgehead atoms. The minimum absolute atomic E-state index is 0.0456. The number of nitrogens with zero attached hydrogens (tertiary/aromatic N) is 2. The minimum atomic E-state index is -0.900. The van der Waals surface area contributed by atoms with Crippen LogP contribution < -0.4 is 0 Å². The first-order valence-electron chi connectivity index (χ1n) is 6.22. The number of carbonyl (C=O) groups is 2. The molecule has 0 radical (unpaired) electrons. The molecule has 104 valence electrons. The third kappa shape index (κ3) is 5.07. The van der Waals surface area contributed by atoms with E-state index in [1.165, 1.54) is 0 Å². The van der Waals surface area contributed by atoms with Crippen molar-refractivity contribution in [1.82, 2.24) is 9.88 Å². The van der Waals surface area contributed by atoms with Gasteiger partial charge in [-0.25, -0.2) is 0 Å². The van der Waals surface area contributed by atoms with Gasteiger partial charge in [-0.15, -0.1) is 0 Å². The summed E-state index contributed by atoms with van der Waals surface area (Å²) in [4.78, 5) is 28.5. The maximum atomic E-state index is 12.3. The maximum absolute atomic E-state index is 12.3. The SMILES string of the molecule is CC(C)(C)N(CCC(=O)O)C(=O)Cc1cccnc1. The number of aliphatic carboxylic acids is 1. The van der Waals surface area contributed by atoms with Crippen molar-refractivity contribution in [3.05, 3.63) is 30.1 Å². The average molecular weight is 264 g/mol. The smallest absolute Gasteiger partial charge is 0.305 e. The summed E-state index contributed by atoms with van der Waals surface area (Å²) in [5.74, 6) is -0.981. The second-order valence-corrected chi connectivity index (χ2v) is 5.40. The highest BCUT2D eigenvalue weighted by molar-refractivity contribution is 5.80. The number of carboxylic acids is 1. The molecule has 0 aliphatic rings. The van der Waals surface area contributed by atoms with Crippen LogP contribution in [-0.2, 0) is 16.0 Å². The Hall–Kier alpha value is -1.91. The predicted molar refractivity (Wildman–Crippen MR) is 71.7 cm³/mol. The van der Waals surface area contributed by atoms with Gasteiger partial charge in [-0.05, 0) is 32.4 Å². The first-order valence-corrected chi connectivity index (χ1v) is 6.22. The molecule has 5 heteroatoms. The summed E-state index contributed by atoms with van der Waals surface area (Å²) in [6.45, 7) is 5.92. The van der Waals surface area contributed by atoms with Gasteiger partial charge in [-0.2, -0.15) is 0 Å². The molecule has 1 rings (SSSR count). The summed E-state index contributed by atoms with van der Waals surface area (Å²) in [6.07, 6.45) is 3.50. The molecule has 0 atom stereocenters. The molecule has 0 aliphatic heterocycles. The van der Waals surface area contributed by atoms with E-state index in [9.17, 15) is 9.59 Å². The summed E-state index contributed by atoms with van der Waals surface area (Å²) in [6, 6.07) is 3.62. The van der Waals surface area contributed by atoms with Crippen molar-refractivity contribution in [1.29, 1.82) is 0 Å². The third-order valence-electron chi connectivity index (χ3n) is 2.74. The van der Waals surface area contributed by atoms with Crippen LogP contribution in [0.2, 0.25) is 0 Å². The molecule has 0 spiro atoms. The monoisotopic (exact) mass is 264 g/mol. The van der Waals surface area contributed by atoms with Crippen LogP contribution in [-0.4, -0.2) is 39.0 Å². The van der Waals surface area contributed by atoms with Gasteiger partial charge in [0.15, 0.2) is 0 Å². The van der Waals surface area contributed by atoms with Crippen LogP contribution in [0.3, 0.4) is 0 Å². The van der Waals surface area contributed by atoms with E-state index < -0.39 is 11.5 Å². The second-order valence-electron chi connectivity index (χ2n) is 5.40. The minimum Gasteiger partial charge on any atom is -0.481 e. The highest BCUT2D eigenvalue weighted by atomic mass is 16.4. The van der Waals surface area contributed by atoms with E-state index in [4.69, 9.17) is 5.11 Å². The number of amides is 1. The van der Waals surface area contributed by atoms with E-state index in [-0.39, 0.29) is 25.3 Å². The van der Waals surface area contributed by atoms with Gasteiger partial charge in [-0.3, -0.25) is 14.6 Å². The van der Waals surface area contributed by atoms with Crippen LogP contribution in [0.4, 0.5) is 0 Å². The van der Waals surface area contributed by atoms with Crippen molar-refractivity contribution in [2.24, 2.45) is 0 Å². The van der Waals surface area contributed by atoms with Crippen LogP contribution >= 0.6 is 0 Å². The molecule has 0 aliphatic carbocycles. The van der Waals surface area contributed by atoms with Crippen molar-refractivity contribution in [3.63, 3.8) is 0 Å². The normalized spacial score (nSPS) is 11.1. The molecule has 1 aromatic heterocycles. The largest absolute Gasteiger partial charge is 0.481 e. The van der Waals surface area contributed by atoms with E-state index in [0.29, 0.717) is 0 Å². The average Bonchev–Trinajstić information content (AvgIpc) is 2.28. The number of hydrogen-bond acceptors (Lipinski definition) is 3. The van der Waals surface area contributed by atoms with Crippen molar-refractivity contribution < 1.29 is 14.7 Å². The number of carbonyl (C=O) groups excluding carboxylic acids is 1. The standard InChI is InChI=1S/C14H20N2O3/c1-14(2,3)16(8-6-13(18)19)12(17)9-11-5-4-7-15-10-11/h4-5,7,10H,6,8-9H2,1-3H3,(H,18,19). The second kappa shape index (κ2) is 6.31. The molecule has 5 nitrogen and oxygen atoms in total. The molecule has 1 heterocycles. The van der Waals surface area contributed by atoms with Crippen molar-refractivity contribution in [2.75, 3.05) is 6.54 Å². The Balaban J connectivity index is 2.74. The highest BCUT2D eigenvalue weighted by Gasteiger charge is 2.26. The number of hydrogen-bond donors (Lipinski definition) is 1. The molecule has 0 fully saturated rings. The van der Waals surface area contributed by atoms with Crippen molar-refractivity contribution >= 4 is 11.9 Å². The lowest BCUT2D eigenvalue weighted by atomic mass is 10.0. The first-order chi connectivity index (χ1) is 8.80. The van der Waals surface area contributed by atoms with Crippen LogP contribution in [0.15, 0.2) is 24.5 Å². The predicted octanol–water partition coefficient (Wildman–Crippen LogP) is 1.73. The van der Waals surface area contributed by atoms with E-state index in [0.717, 1.165) is 5.56 Å². The van der Waals surface area contributed by atoms with Crippen LogP contribution in [0, 0.1) is 0 Å². The summed E-state index contributed by atoms with van der Waals surface area (Å²) in [5, 5.41) is 8.75. The molecule has 0 aromatic carbocycles. The number of aromatic nitrogens is 1. The fraction of sp³-hybridized carbons (Fsp3) is 0.500. The molecule has 0 unspecified atom stereocenters. The van der Waals surface area contributed by atoms with Crippen LogP contribution in [0.25, 0.3) is 0 Å². The number of rotatable bonds is 5. The molecule has 19 heavy (non-hydrogen) atoms. The molecular weight excluding hydrogens is 244 g/mol. The Bertz CT molecular complexity index is 438. The number of pyridine rings is 1. The first kappa shape index (κ1) is 15.1. The lowest BCUT2D eigenvalue weighted by Crippen LogP contribution is -2.47. The van der Waals surface area contributed by atoms with Gasteiger partial charge < -0.3 is 10.0 Å². The zero-order valence-corrected chi connectivity index (χ0v) is 11.6. The Morgan fingerprint density at radius 3 is 2.53 bits per heavy atom. The molecule has 1 aromatic rings. The summed E-state index contributed by atoms with van der Waals surface area (Å²) >= 11 is 0. The Labute approximate surface area is 113 Å². The van der Waals surface area contributed by atoms with Gasteiger partial charge in [-0.1, -0.05) is 6.07 Å². The zero-order chi connectivity index (χ0) is 14.5. The fourth-order valence-electron chi connectivity index (χ4n) is 1.81. The quantitative estimate of drug-likeness (QED) is 0.879. The maximum Gasteiger partial charge on any atom is 0.305 e. The summed E-state index contributed by atoms with van der Waals surface area (Å²) < 4.78 is 0. The van der Waals surface area contributed by atoms with E-state index >= 15 is 0 Å². The highest BCUT2D eigenvalue weighted by Crippen LogP contribution is 2.16. The van der Waals surface area contributed by atoms with Gasteiger partial charge in [0.1, 0.15) is 0 Å². The zero-order valence-electron chi connectivity index (χ0n) is 11.6. The number of carboxylic acid groups (broad SMARTS) is 1. The fourth-order valence-corrected chi connectivity index (χ4v) is 1.81. The summed E-state index contributed by atoms with van der Waals surface area (Å²) in [7, 11) is 0. The molecule has 1 amide bonds. The topological polar surface area (TPSA) is 70.5 Å². The summed E-state index contributed by atoms with van der Waals surface area (Å²) in [5.41, 5.74) is 0.437. The Morgan fingerprint density at radius 1 is 1.37 bits per heavy atom. The van der Waals surface area contributed by atoms with Gasteiger partial charge in [0.05, 0.1) is 12.8 Å². The lowest BCUT2D eigenvalue weighted by molar-refractivity contribution is -0.140. The third-order valence-corrected chi connectivity index (χ3v) is 2.74. The van der Waals surface area contributed by atoms with Crippen LogP contribution in [0.5, 0.6) is 0 Å². The molecule has 0 saturated carbocycles. The van der Waals surface area contributed by atoms with E-state index in [1.54, 1.807) is 23.4 Å². The van der Waals surface area contributed by atoms with Crippen molar-refractivity contribution in [3.8, 4) is 0 Å². The Kier molecular flexibility index (Phi) is 5.03. The molecule has 0 saturated heterocycles. The van der Waals surface area contributed by atoms with E-state index in [2.05, 4.69) is 4.98 Å². The molecular formula is C14H20N2O3.